The fourth-order valence-electron chi connectivity index (χ4n) is 3.90. The summed E-state index contributed by atoms with van der Waals surface area (Å²) in [5, 5.41) is 11.1. The van der Waals surface area contributed by atoms with Gasteiger partial charge in [-0.1, -0.05) is 60.7 Å². The van der Waals surface area contributed by atoms with Gasteiger partial charge in [0, 0.05) is 13.1 Å². The molecule has 3 aliphatic heterocycles. The van der Waals surface area contributed by atoms with E-state index in [1.807, 2.05) is 48.5 Å². The third kappa shape index (κ3) is 2.92. The van der Waals surface area contributed by atoms with Crippen LogP contribution < -0.4 is 0 Å². The molecule has 23 heavy (non-hydrogen) atoms. The summed E-state index contributed by atoms with van der Waals surface area (Å²) >= 11 is 0. The molecule has 0 spiro atoms. The van der Waals surface area contributed by atoms with Crippen molar-refractivity contribution < 1.29 is 9.84 Å². The van der Waals surface area contributed by atoms with Gasteiger partial charge >= 0.3 is 0 Å². The Morgan fingerprint density at radius 3 is 1.96 bits per heavy atom. The summed E-state index contributed by atoms with van der Waals surface area (Å²) in [4.78, 5) is 2.39. The van der Waals surface area contributed by atoms with Crippen LogP contribution in [-0.2, 0) is 4.74 Å². The highest BCUT2D eigenvalue weighted by Crippen LogP contribution is 2.41. The Bertz CT molecular complexity index is 623. The number of ether oxygens (including phenoxy) is 1. The van der Waals surface area contributed by atoms with Crippen LogP contribution in [-0.4, -0.2) is 35.4 Å². The maximum Gasteiger partial charge on any atom is 0.120 e. The Kier molecular flexibility index (Phi) is 4.17. The lowest BCUT2D eigenvalue weighted by Crippen LogP contribution is -2.55. The maximum atomic E-state index is 11.1. The molecule has 2 bridgehead atoms. The summed E-state index contributed by atoms with van der Waals surface area (Å²) in [7, 11) is 0. The molecule has 2 aromatic rings. The van der Waals surface area contributed by atoms with Crippen LogP contribution >= 0.6 is 0 Å². The molecule has 5 rings (SSSR count). The average Bonchev–Trinajstić information content (AvgIpc) is 2.64. The van der Waals surface area contributed by atoms with E-state index in [4.69, 9.17) is 4.74 Å². The summed E-state index contributed by atoms with van der Waals surface area (Å²) in [5.41, 5.74) is 2.09. The van der Waals surface area contributed by atoms with Crippen molar-refractivity contribution in [3.8, 4) is 0 Å². The number of rotatable bonds is 4. The van der Waals surface area contributed by atoms with Crippen LogP contribution in [0.25, 0.3) is 0 Å². The van der Waals surface area contributed by atoms with Crippen molar-refractivity contribution in [1.82, 2.24) is 4.90 Å². The van der Waals surface area contributed by atoms with Gasteiger partial charge in [-0.25, -0.2) is 0 Å². The number of aliphatic hydroxyl groups is 1. The van der Waals surface area contributed by atoms with Gasteiger partial charge in [-0.3, -0.25) is 4.90 Å². The normalized spacial score (nSPS) is 29.2. The van der Waals surface area contributed by atoms with Crippen LogP contribution in [0.2, 0.25) is 0 Å². The van der Waals surface area contributed by atoms with E-state index in [0.29, 0.717) is 6.10 Å². The molecule has 3 fully saturated rings. The van der Waals surface area contributed by atoms with Crippen LogP contribution in [0.1, 0.15) is 36.0 Å². The number of hydrogen-bond donors (Lipinski definition) is 1. The zero-order chi connectivity index (χ0) is 15.6. The molecule has 3 unspecified atom stereocenters. The van der Waals surface area contributed by atoms with Crippen molar-refractivity contribution in [2.45, 2.75) is 37.2 Å². The lowest BCUT2D eigenvalue weighted by molar-refractivity contribution is -0.199. The first-order chi connectivity index (χ1) is 11.3. The monoisotopic (exact) mass is 309 g/mol. The molecule has 3 heterocycles. The zero-order valence-electron chi connectivity index (χ0n) is 13.2. The van der Waals surface area contributed by atoms with Crippen molar-refractivity contribution in [3.63, 3.8) is 0 Å². The summed E-state index contributed by atoms with van der Waals surface area (Å²) in [5.74, 6) is -0.0679. The fourth-order valence-corrected chi connectivity index (χ4v) is 3.90. The molecule has 0 aromatic heterocycles. The molecule has 3 atom stereocenters. The lowest BCUT2D eigenvalue weighted by atomic mass is 9.85. The minimum atomic E-state index is -0.567. The zero-order valence-corrected chi connectivity index (χ0v) is 13.2. The van der Waals surface area contributed by atoms with Crippen LogP contribution in [0.4, 0.5) is 0 Å². The fraction of sp³-hybridized carbons (Fsp3) is 0.400. The van der Waals surface area contributed by atoms with E-state index in [-0.39, 0.29) is 12.1 Å². The smallest absolute Gasteiger partial charge is 0.120 e. The highest BCUT2D eigenvalue weighted by Gasteiger charge is 2.42. The van der Waals surface area contributed by atoms with E-state index in [2.05, 4.69) is 17.0 Å². The molecule has 3 saturated heterocycles. The first kappa shape index (κ1) is 14.9. The van der Waals surface area contributed by atoms with Gasteiger partial charge in [0.15, 0.2) is 0 Å². The van der Waals surface area contributed by atoms with Gasteiger partial charge in [-0.05, 0) is 24.0 Å². The molecule has 3 heteroatoms. The number of aliphatic hydroxyl groups excluding tert-OH is 1. The van der Waals surface area contributed by atoms with Crippen LogP contribution in [0.5, 0.6) is 0 Å². The van der Waals surface area contributed by atoms with Crippen molar-refractivity contribution in [2.75, 3.05) is 13.1 Å². The minimum absolute atomic E-state index is 0.0416. The van der Waals surface area contributed by atoms with Crippen molar-refractivity contribution in [1.29, 1.82) is 0 Å². The highest BCUT2D eigenvalue weighted by molar-refractivity contribution is 5.28. The molecule has 3 nitrogen and oxygen atoms in total. The van der Waals surface area contributed by atoms with Gasteiger partial charge in [0.1, 0.15) is 6.23 Å². The van der Waals surface area contributed by atoms with Crippen LogP contribution in [0.15, 0.2) is 60.7 Å². The largest absolute Gasteiger partial charge is 0.388 e. The van der Waals surface area contributed by atoms with Crippen LogP contribution in [0, 0.1) is 0 Å². The third-order valence-electron chi connectivity index (χ3n) is 5.14. The maximum absolute atomic E-state index is 11.1. The predicted octanol–water partition coefficient (Wildman–Crippen LogP) is 3.32. The van der Waals surface area contributed by atoms with Gasteiger partial charge in [-0.2, -0.15) is 0 Å². The van der Waals surface area contributed by atoms with Crippen molar-refractivity contribution in [3.05, 3.63) is 71.8 Å². The Balaban J connectivity index is 1.70. The van der Waals surface area contributed by atoms with Gasteiger partial charge in [0.25, 0.3) is 0 Å². The van der Waals surface area contributed by atoms with Gasteiger partial charge in [0.05, 0.1) is 18.1 Å². The summed E-state index contributed by atoms with van der Waals surface area (Å²) in [6.07, 6.45) is 1.96. The second-order valence-electron chi connectivity index (χ2n) is 6.55. The van der Waals surface area contributed by atoms with E-state index in [0.717, 1.165) is 37.1 Å². The average molecular weight is 309 g/mol. The first-order valence-corrected chi connectivity index (χ1v) is 8.50. The first-order valence-electron chi connectivity index (χ1n) is 8.50. The number of fused-ring (bicyclic) bond motifs is 3. The summed E-state index contributed by atoms with van der Waals surface area (Å²) in [6, 6.07) is 20.2. The molecule has 3 aliphatic rings. The third-order valence-corrected chi connectivity index (χ3v) is 5.14. The molecule has 120 valence electrons. The van der Waals surface area contributed by atoms with Gasteiger partial charge in [0.2, 0.25) is 0 Å². The quantitative estimate of drug-likeness (QED) is 0.940. The van der Waals surface area contributed by atoms with Crippen molar-refractivity contribution in [2.24, 2.45) is 0 Å². The Morgan fingerprint density at radius 1 is 0.870 bits per heavy atom. The summed E-state index contributed by atoms with van der Waals surface area (Å²) < 4.78 is 6.31. The molecule has 0 aliphatic carbocycles. The molecule has 2 aromatic carbocycles. The molecular weight excluding hydrogens is 286 g/mol. The number of nitrogens with zero attached hydrogens (tertiary/aromatic N) is 1. The van der Waals surface area contributed by atoms with Crippen molar-refractivity contribution >= 4 is 0 Å². The topological polar surface area (TPSA) is 32.7 Å². The Morgan fingerprint density at radius 2 is 1.43 bits per heavy atom. The molecule has 1 N–H and O–H groups in total. The Labute approximate surface area is 137 Å². The molecular formula is C20H23NO2. The predicted molar refractivity (Wildman–Crippen MR) is 90.1 cm³/mol. The summed E-state index contributed by atoms with van der Waals surface area (Å²) in [6.45, 7) is 2.14. The van der Waals surface area contributed by atoms with Gasteiger partial charge in [-0.15, -0.1) is 0 Å². The van der Waals surface area contributed by atoms with E-state index in [1.165, 1.54) is 0 Å². The second kappa shape index (κ2) is 6.44. The minimum Gasteiger partial charge on any atom is -0.388 e. The molecule has 0 amide bonds. The lowest BCUT2D eigenvalue weighted by Gasteiger charge is -2.49. The van der Waals surface area contributed by atoms with E-state index < -0.39 is 6.10 Å². The Hall–Kier alpha value is -1.68. The molecule has 0 saturated carbocycles. The van der Waals surface area contributed by atoms with E-state index in [1.54, 1.807) is 0 Å². The van der Waals surface area contributed by atoms with Gasteiger partial charge < -0.3 is 9.84 Å². The number of hydrogen-bond acceptors (Lipinski definition) is 3. The number of piperidine rings is 1. The standard InChI is InChI=1S/C20H23NO2/c22-19(16-9-5-2-6-10-16)18(15-7-3-1-4-8-15)20-21-13-11-17(23-20)12-14-21/h1-10,17-20,22H,11-14H2. The van der Waals surface area contributed by atoms with E-state index in [9.17, 15) is 5.11 Å². The number of benzene rings is 2. The second-order valence-corrected chi connectivity index (χ2v) is 6.55. The molecule has 0 radical (unpaired) electrons. The van der Waals surface area contributed by atoms with Crippen LogP contribution in [0.3, 0.4) is 0 Å². The van der Waals surface area contributed by atoms with E-state index >= 15 is 0 Å². The highest BCUT2D eigenvalue weighted by atomic mass is 16.5. The SMILES string of the molecule is OC(c1ccccc1)C(c1ccccc1)C1OC2CCN1CC2.